The maximum Gasteiger partial charge on any atom is 0.323 e. The number of nitrogens with one attached hydrogen (secondary N) is 1. The molecule has 0 radical (unpaired) electrons. The number of nitrogens with zero attached hydrogens (tertiary/aromatic N) is 1. The van der Waals surface area contributed by atoms with E-state index in [1.165, 1.54) is 12.3 Å². The molecule has 4 aromatic carbocycles. The minimum atomic E-state index is -4.17. The highest BCUT2D eigenvalue weighted by molar-refractivity contribution is 7.87. The summed E-state index contributed by atoms with van der Waals surface area (Å²) in [5.41, 5.74) is 0.271. The number of carbonyl (C=O) groups is 2. The zero-order valence-electron chi connectivity index (χ0n) is 31.8. The summed E-state index contributed by atoms with van der Waals surface area (Å²) in [7, 11) is -4.17. The number of pyridine rings is 1. The second kappa shape index (κ2) is 17.1. The van der Waals surface area contributed by atoms with Gasteiger partial charge in [-0.3, -0.25) is 24.1 Å². The van der Waals surface area contributed by atoms with Crippen LogP contribution in [0.3, 0.4) is 0 Å². The molecule has 0 saturated heterocycles. The predicted octanol–water partition coefficient (Wildman–Crippen LogP) is 8.36. The number of carbonyl (C=O) groups excluding carboxylic acids is 2. The van der Waals surface area contributed by atoms with E-state index in [-0.39, 0.29) is 30.8 Å². The Labute approximate surface area is 319 Å². The maximum absolute atomic E-state index is 14.4. The van der Waals surface area contributed by atoms with Gasteiger partial charge in [-0.1, -0.05) is 109 Å². The molecule has 0 fully saturated rings. The molecule has 284 valence electrons. The quantitative estimate of drug-likeness (QED) is 0.0487. The van der Waals surface area contributed by atoms with Crippen LogP contribution in [0.1, 0.15) is 77.5 Å². The van der Waals surface area contributed by atoms with Crippen molar-refractivity contribution in [2.24, 2.45) is 5.92 Å². The van der Waals surface area contributed by atoms with Crippen LogP contribution in [0.5, 0.6) is 0 Å². The monoisotopic (exact) mass is 750 g/mol. The molecule has 10 heteroatoms. The van der Waals surface area contributed by atoms with Crippen LogP contribution in [0.2, 0.25) is 0 Å². The number of aromatic nitrogens is 1. The summed E-state index contributed by atoms with van der Waals surface area (Å²) < 4.78 is 44.1. The number of benzene rings is 4. The lowest BCUT2D eigenvalue weighted by Crippen LogP contribution is -2.54. The topological polar surface area (TPSA) is 121 Å². The molecule has 0 aliphatic heterocycles. The molecular weight excluding hydrogens is 701 g/mol. The first-order chi connectivity index (χ1) is 25.6. The summed E-state index contributed by atoms with van der Waals surface area (Å²) in [4.78, 5) is 32.5. The number of fused-ring (bicyclic) bond motifs is 1. The first kappa shape index (κ1) is 40.3. The van der Waals surface area contributed by atoms with Crippen LogP contribution in [0.25, 0.3) is 10.9 Å². The molecular formula is C44H50N2O7S. The van der Waals surface area contributed by atoms with Gasteiger partial charge in [-0.2, -0.15) is 8.42 Å². The highest BCUT2D eigenvalue weighted by Crippen LogP contribution is 2.38. The molecule has 2 atom stereocenters. The summed E-state index contributed by atoms with van der Waals surface area (Å²) in [6.45, 7) is 10.6. The Morgan fingerprint density at radius 3 is 1.69 bits per heavy atom. The molecule has 0 saturated carbocycles. The summed E-state index contributed by atoms with van der Waals surface area (Å²) >= 11 is 0. The molecule has 54 heavy (non-hydrogen) atoms. The lowest BCUT2D eigenvalue weighted by Gasteiger charge is -2.40. The normalized spacial score (nSPS) is 13.6. The minimum Gasteiger partial charge on any atom is -0.460 e. The van der Waals surface area contributed by atoms with Crippen molar-refractivity contribution in [3.63, 3.8) is 0 Å². The lowest BCUT2D eigenvalue weighted by atomic mass is 9.76. The van der Waals surface area contributed by atoms with E-state index in [4.69, 9.17) is 13.7 Å². The van der Waals surface area contributed by atoms with Crippen LogP contribution in [0.4, 0.5) is 0 Å². The Morgan fingerprint density at radius 2 is 1.17 bits per heavy atom. The molecule has 5 aromatic rings. The number of hydrogen-bond donors (Lipinski definition) is 1. The fraction of sp³-hybridized carbons (Fsp3) is 0.341. The molecule has 2 unspecified atom stereocenters. The molecule has 1 aromatic heterocycles. The van der Waals surface area contributed by atoms with Crippen molar-refractivity contribution in [3.8, 4) is 0 Å². The van der Waals surface area contributed by atoms with Crippen LogP contribution < -0.4 is 5.32 Å². The van der Waals surface area contributed by atoms with Crippen LogP contribution in [-0.4, -0.2) is 49.2 Å². The Balaban J connectivity index is 1.50. The highest BCUT2D eigenvalue weighted by Gasteiger charge is 2.42. The lowest BCUT2D eigenvalue weighted by molar-refractivity contribution is -0.163. The van der Waals surface area contributed by atoms with E-state index in [0.29, 0.717) is 10.9 Å². The van der Waals surface area contributed by atoms with Gasteiger partial charge in [-0.15, -0.1) is 0 Å². The van der Waals surface area contributed by atoms with Crippen LogP contribution in [0.15, 0.2) is 132 Å². The number of hydrogen-bond acceptors (Lipinski definition) is 9. The molecule has 0 aliphatic rings. The second-order valence-electron chi connectivity index (χ2n) is 15.3. The van der Waals surface area contributed by atoms with E-state index in [1.54, 1.807) is 65.8 Å². The third-order valence-electron chi connectivity index (χ3n) is 8.76. The number of ether oxygens (including phenoxy) is 2. The minimum absolute atomic E-state index is 0.00191. The Bertz CT molecular complexity index is 2010. The number of rotatable bonds is 15. The number of para-hydroxylation sites is 1. The standard InChI is InChI=1S/C44H50N2O7S/c1-42(2,3)52-40(47)33(21-18-30-51-54(49,50)38-28-16-19-32-20-17-29-45-39(32)38)31-37(41(48)53-43(4,5)6)46-44(34-22-10-7-11-23-34,35-24-12-8-13-25-35)36-26-14-9-15-27-36/h7-17,19-20,22-29,33,37,46H,18,21,30-31H2,1-6H3. The van der Waals surface area contributed by atoms with Gasteiger partial charge in [0.15, 0.2) is 0 Å². The smallest absolute Gasteiger partial charge is 0.323 e. The SMILES string of the molecule is CC(C)(C)OC(=O)C(CCCOS(=O)(=O)c1cccc2cccnc12)CC(NC(c1ccccc1)(c1ccccc1)c1ccccc1)C(=O)OC(C)(C)C. The molecule has 1 N–H and O–H groups in total. The van der Waals surface area contributed by atoms with Gasteiger partial charge in [-0.25, -0.2) is 0 Å². The van der Waals surface area contributed by atoms with E-state index in [1.807, 2.05) is 91.0 Å². The van der Waals surface area contributed by atoms with E-state index >= 15 is 0 Å². The fourth-order valence-corrected chi connectivity index (χ4v) is 7.62. The van der Waals surface area contributed by atoms with Gasteiger partial charge in [0.2, 0.25) is 0 Å². The summed E-state index contributed by atoms with van der Waals surface area (Å²) in [6.07, 6.45) is 1.89. The summed E-state index contributed by atoms with van der Waals surface area (Å²) in [5, 5.41) is 4.40. The van der Waals surface area contributed by atoms with Crippen molar-refractivity contribution in [2.45, 2.75) is 88.5 Å². The van der Waals surface area contributed by atoms with Crippen molar-refractivity contribution in [3.05, 3.63) is 144 Å². The van der Waals surface area contributed by atoms with Crippen molar-refractivity contribution in [1.82, 2.24) is 10.3 Å². The van der Waals surface area contributed by atoms with Crippen molar-refractivity contribution in [2.75, 3.05) is 6.61 Å². The third kappa shape index (κ3) is 10.2. The first-order valence-corrected chi connectivity index (χ1v) is 19.6. The number of esters is 2. The molecule has 5 rings (SSSR count). The molecule has 0 spiro atoms. The van der Waals surface area contributed by atoms with Crippen molar-refractivity contribution >= 4 is 33.0 Å². The van der Waals surface area contributed by atoms with E-state index in [2.05, 4.69) is 10.3 Å². The van der Waals surface area contributed by atoms with E-state index in [0.717, 1.165) is 16.7 Å². The van der Waals surface area contributed by atoms with Crippen molar-refractivity contribution in [1.29, 1.82) is 0 Å². The second-order valence-corrected chi connectivity index (χ2v) is 16.9. The molecule has 0 aliphatic carbocycles. The zero-order valence-corrected chi connectivity index (χ0v) is 32.6. The van der Waals surface area contributed by atoms with Gasteiger partial charge >= 0.3 is 11.9 Å². The summed E-state index contributed by atoms with van der Waals surface area (Å²) in [5.74, 6) is -1.88. The average Bonchev–Trinajstić information content (AvgIpc) is 3.13. The Hall–Kier alpha value is -4.90. The maximum atomic E-state index is 14.4. The van der Waals surface area contributed by atoms with Gasteiger partial charge in [0.1, 0.15) is 22.1 Å². The van der Waals surface area contributed by atoms with Gasteiger partial charge in [-0.05, 0) is 89.6 Å². The first-order valence-electron chi connectivity index (χ1n) is 18.2. The van der Waals surface area contributed by atoms with Gasteiger partial charge in [0, 0.05) is 11.6 Å². The average molecular weight is 751 g/mol. The summed E-state index contributed by atoms with van der Waals surface area (Å²) in [6, 6.07) is 36.9. The van der Waals surface area contributed by atoms with Crippen LogP contribution >= 0.6 is 0 Å². The van der Waals surface area contributed by atoms with Crippen molar-refractivity contribution < 1.29 is 31.7 Å². The largest absolute Gasteiger partial charge is 0.460 e. The third-order valence-corrected chi connectivity index (χ3v) is 10.1. The van der Waals surface area contributed by atoms with Gasteiger partial charge in [0.25, 0.3) is 10.1 Å². The van der Waals surface area contributed by atoms with Gasteiger partial charge in [0.05, 0.1) is 23.6 Å². The fourth-order valence-electron chi connectivity index (χ4n) is 6.50. The Kier molecular flexibility index (Phi) is 12.7. The zero-order chi connectivity index (χ0) is 39.0. The molecule has 9 nitrogen and oxygen atoms in total. The van der Waals surface area contributed by atoms with Crippen LogP contribution in [0, 0.1) is 5.92 Å². The highest BCUT2D eigenvalue weighted by atomic mass is 32.2. The molecule has 1 heterocycles. The molecule has 0 amide bonds. The van der Waals surface area contributed by atoms with Crippen LogP contribution in [-0.2, 0) is 38.9 Å². The Morgan fingerprint density at radius 1 is 0.667 bits per heavy atom. The molecule has 0 bridgehead atoms. The van der Waals surface area contributed by atoms with E-state index < -0.39 is 50.8 Å². The van der Waals surface area contributed by atoms with Gasteiger partial charge < -0.3 is 9.47 Å². The van der Waals surface area contributed by atoms with E-state index in [9.17, 15) is 18.0 Å². The predicted molar refractivity (Wildman–Crippen MR) is 210 cm³/mol.